The number of hydrogen-bond donors (Lipinski definition) is 1. The van der Waals surface area contributed by atoms with Gasteiger partial charge in [-0.15, -0.1) is 0 Å². The predicted molar refractivity (Wildman–Crippen MR) is 64.0 cm³/mol. The Morgan fingerprint density at radius 1 is 1.58 bits per heavy atom. The van der Waals surface area contributed by atoms with E-state index in [1.54, 1.807) is 24.3 Å². The van der Waals surface area contributed by atoms with Crippen molar-refractivity contribution in [3.8, 4) is 6.07 Å². The molecule has 1 aliphatic rings. The molecule has 2 atom stereocenters. The number of carbonyl (C=O) groups excluding carboxylic acids is 1. The highest BCUT2D eigenvalue weighted by Gasteiger charge is 2.40. The van der Waals surface area contributed by atoms with E-state index in [0.717, 1.165) is 0 Å². The Morgan fingerprint density at radius 2 is 2.32 bits per heavy atom. The van der Waals surface area contributed by atoms with Gasteiger partial charge in [0, 0.05) is 7.05 Å². The molecule has 1 aromatic carbocycles. The van der Waals surface area contributed by atoms with Gasteiger partial charge in [0.1, 0.15) is 6.61 Å². The van der Waals surface area contributed by atoms with Gasteiger partial charge in [-0.25, -0.2) is 4.79 Å². The van der Waals surface area contributed by atoms with Crippen molar-refractivity contribution in [3.05, 3.63) is 35.4 Å². The summed E-state index contributed by atoms with van der Waals surface area (Å²) in [6, 6.07) is 7.77. The van der Waals surface area contributed by atoms with E-state index in [2.05, 4.69) is 0 Å². The third kappa shape index (κ3) is 2.41. The maximum atomic E-state index is 11.6. The number of rotatable bonds is 2. The second-order valence-corrected chi connectivity index (χ2v) is 4.26. The monoisotopic (exact) mass is 260 g/mol. The van der Waals surface area contributed by atoms with Crippen LogP contribution in [0.4, 0.5) is 0 Å². The fraction of sp³-hybridized carbons (Fsp3) is 0.308. The molecule has 2 unspecified atom stereocenters. The average Bonchev–Trinajstić information content (AvgIpc) is 2.41. The van der Waals surface area contributed by atoms with Crippen LogP contribution >= 0.6 is 0 Å². The van der Waals surface area contributed by atoms with Crippen molar-refractivity contribution in [2.45, 2.75) is 12.1 Å². The van der Waals surface area contributed by atoms with Crippen molar-refractivity contribution in [2.75, 3.05) is 13.7 Å². The smallest absolute Gasteiger partial charge is 0.335 e. The number of benzene rings is 1. The van der Waals surface area contributed by atoms with E-state index in [1.165, 1.54) is 11.9 Å². The molecule has 1 fully saturated rings. The fourth-order valence-corrected chi connectivity index (χ4v) is 2.11. The first-order valence-corrected chi connectivity index (χ1v) is 5.64. The zero-order valence-electron chi connectivity index (χ0n) is 10.2. The van der Waals surface area contributed by atoms with Gasteiger partial charge in [-0.1, -0.05) is 12.1 Å². The van der Waals surface area contributed by atoms with Gasteiger partial charge < -0.3 is 14.7 Å². The molecule has 1 heterocycles. The first-order valence-electron chi connectivity index (χ1n) is 5.64. The van der Waals surface area contributed by atoms with Crippen LogP contribution in [-0.2, 0) is 14.3 Å². The van der Waals surface area contributed by atoms with E-state index in [9.17, 15) is 14.7 Å². The van der Waals surface area contributed by atoms with Crippen LogP contribution in [-0.4, -0.2) is 41.6 Å². The van der Waals surface area contributed by atoms with Crippen LogP contribution in [0, 0.1) is 11.3 Å². The number of carboxylic acids is 1. The number of ether oxygens (including phenoxy) is 1. The highest BCUT2D eigenvalue weighted by Crippen LogP contribution is 2.29. The molecule has 1 aliphatic heterocycles. The number of likely N-dealkylation sites (N-methyl/N-ethyl adjacent to an activating group) is 1. The van der Waals surface area contributed by atoms with Crippen molar-refractivity contribution in [3.63, 3.8) is 0 Å². The minimum Gasteiger partial charge on any atom is -0.479 e. The lowest BCUT2D eigenvalue weighted by Gasteiger charge is -2.37. The highest BCUT2D eigenvalue weighted by molar-refractivity contribution is 5.82. The van der Waals surface area contributed by atoms with Crippen molar-refractivity contribution < 1.29 is 19.4 Å². The average molecular weight is 260 g/mol. The number of aliphatic carboxylic acids is 1. The molecule has 0 bridgehead atoms. The Bertz CT molecular complexity index is 564. The molecule has 0 saturated carbocycles. The summed E-state index contributed by atoms with van der Waals surface area (Å²) in [6.45, 7) is -0.248. The highest BCUT2D eigenvalue weighted by atomic mass is 16.5. The molecule has 0 aromatic heterocycles. The number of hydrogen-bond acceptors (Lipinski definition) is 4. The molecule has 1 N–H and O–H groups in total. The zero-order valence-corrected chi connectivity index (χ0v) is 10.2. The largest absolute Gasteiger partial charge is 0.479 e. The number of amides is 1. The zero-order chi connectivity index (χ0) is 14.0. The minimum absolute atomic E-state index is 0.248. The van der Waals surface area contributed by atoms with E-state index in [4.69, 9.17) is 10.00 Å². The van der Waals surface area contributed by atoms with E-state index in [1.807, 2.05) is 6.07 Å². The summed E-state index contributed by atoms with van der Waals surface area (Å²) in [6.07, 6.45) is -1.13. The lowest BCUT2D eigenvalue weighted by Crippen LogP contribution is -2.50. The molecule has 1 amide bonds. The summed E-state index contributed by atoms with van der Waals surface area (Å²) in [4.78, 5) is 24.2. The Labute approximate surface area is 109 Å². The van der Waals surface area contributed by atoms with Crippen molar-refractivity contribution in [1.29, 1.82) is 5.26 Å². The van der Waals surface area contributed by atoms with Gasteiger partial charge in [0.25, 0.3) is 0 Å². The van der Waals surface area contributed by atoms with Crippen LogP contribution < -0.4 is 0 Å². The molecular formula is C13H12N2O4. The van der Waals surface area contributed by atoms with Gasteiger partial charge >= 0.3 is 5.97 Å². The molecule has 98 valence electrons. The minimum atomic E-state index is -1.13. The van der Waals surface area contributed by atoms with Gasteiger partial charge in [0.05, 0.1) is 17.7 Å². The molecule has 19 heavy (non-hydrogen) atoms. The van der Waals surface area contributed by atoms with Crippen LogP contribution in [0.5, 0.6) is 0 Å². The maximum absolute atomic E-state index is 11.6. The summed E-state index contributed by atoms with van der Waals surface area (Å²) < 4.78 is 5.09. The molecule has 2 rings (SSSR count). The molecule has 1 aromatic rings. The van der Waals surface area contributed by atoms with Crippen LogP contribution in [0.15, 0.2) is 24.3 Å². The predicted octanol–water partition coefficient (Wildman–Crippen LogP) is 0.541. The Morgan fingerprint density at radius 3 is 2.95 bits per heavy atom. The molecule has 1 saturated heterocycles. The summed E-state index contributed by atoms with van der Waals surface area (Å²) in [5.41, 5.74) is 0.982. The molecule has 0 radical (unpaired) electrons. The normalized spacial score (nSPS) is 22.9. The number of nitrogens with zero attached hydrogens (tertiary/aromatic N) is 2. The summed E-state index contributed by atoms with van der Waals surface area (Å²) >= 11 is 0. The molecule has 0 aliphatic carbocycles. The number of morpholine rings is 1. The fourth-order valence-electron chi connectivity index (χ4n) is 2.11. The van der Waals surface area contributed by atoms with E-state index in [-0.39, 0.29) is 12.5 Å². The Kier molecular flexibility index (Phi) is 3.49. The van der Waals surface area contributed by atoms with Gasteiger partial charge in [0.15, 0.2) is 6.10 Å². The van der Waals surface area contributed by atoms with Crippen LogP contribution in [0.25, 0.3) is 0 Å². The van der Waals surface area contributed by atoms with Crippen molar-refractivity contribution >= 4 is 11.9 Å². The van der Waals surface area contributed by atoms with Crippen molar-refractivity contribution in [1.82, 2.24) is 4.90 Å². The lowest BCUT2D eigenvalue weighted by molar-refractivity contribution is -0.171. The summed E-state index contributed by atoms with van der Waals surface area (Å²) in [5, 5.41) is 18.0. The third-order valence-electron chi connectivity index (χ3n) is 3.08. The van der Waals surface area contributed by atoms with Gasteiger partial charge in [-0.05, 0) is 17.7 Å². The van der Waals surface area contributed by atoms with Crippen LogP contribution in [0.3, 0.4) is 0 Å². The van der Waals surface area contributed by atoms with E-state index in [0.29, 0.717) is 11.1 Å². The molecule has 6 nitrogen and oxygen atoms in total. The van der Waals surface area contributed by atoms with E-state index >= 15 is 0 Å². The van der Waals surface area contributed by atoms with Crippen molar-refractivity contribution in [2.24, 2.45) is 0 Å². The number of carbonyl (C=O) groups is 2. The van der Waals surface area contributed by atoms with Crippen LogP contribution in [0.1, 0.15) is 17.2 Å². The first-order chi connectivity index (χ1) is 9.04. The first kappa shape index (κ1) is 13.1. The molecular weight excluding hydrogens is 248 g/mol. The maximum Gasteiger partial charge on any atom is 0.335 e. The summed E-state index contributed by atoms with van der Waals surface area (Å²) in [7, 11) is 1.53. The Hall–Kier alpha value is -2.39. The number of nitriles is 1. The molecule has 0 spiro atoms. The van der Waals surface area contributed by atoms with Crippen LogP contribution in [0.2, 0.25) is 0 Å². The van der Waals surface area contributed by atoms with Gasteiger partial charge in [0.2, 0.25) is 5.91 Å². The standard InChI is InChI=1S/C13H12N2O4/c1-15-10(16)7-19-12(13(17)18)11(15)9-4-2-3-8(5-9)6-14/h2-5,11-12H,7H2,1H3,(H,17,18). The van der Waals surface area contributed by atoms with E-state index < -0.39 is 18.1 Å². The van der Waals surface area contributed by atoms with Gasteiger partial charge in [-0.3, -0.25) is 4.79 Å². The summed E-state index contributed by atoms with van der Waals surface area (Å²) in [5.74, 6) is -1.42. The lowest BCUT2D eigenvalue weighted by atomic mass is 9.97. The Balaban J connectivity index is 2.44. The second-order valence-electron chi connectivity index (χ2n) is 4.26. The third-order valence-corrected chi connectivity index (χ3v) is 3.08. The quantitative estimate of drug-likeness (QED) is 0.838. The topological polar surface area (TPSA) is 90.6 Å². The second kappa shape index (κ2) is 5.08. The SMILES string of the molecule is CN1C(=O)COC(C(=O)O)C1c1cccc(C#N)c1. The molecule has 6 heteroatoms. The number of carboxylic acid groups (broad SMARTS) is 1. The van der Waals surface area contributed by atoms with Gasteiger partial charge in [-0.2, -0.15) is 5.26 Å².